The fraction of sp³-hybridized carbons (Fsp3) is 0.333. The first-order chi connectivity index (χ1) is 9.69. The van der Waals surface area contributed by atoms with Crippen LogP contribution in [0.1, 0.15) is 22.3 Å². The number of aliphatic hydroxyl groups excluding tert-OH is 1. The minimum absolute atomic E-state index is 0.0955. The molecule has 2 heteroatoms. The van der Waals surface area contributed by atoms with Crippen molar-refractivity contribution >= 4 is 0 Å². The molecule has 2 aromatic carbocycles. The maximum atomic E-state index is 9.52. The van der Waals surface area contributed by atoms with Crippen molar-refractivity contribution in [2.45, 2.75) is 32.9 Å². The van der Waals surface area contributed by atoms with Gasteiger partial charge in [0.05, 0.1) is 6.61 Å². The number of rotatable bonds is 6. The third-order valence-electron chi connectivity index (χ3n) is 3.62. The second-order valence-electron chi connectivity index (χ2n) is 5.38. The first-order valence-corrected chi connectivity index (χ1v) is 7.13. The molecule has 0 amide bonds. The van der Waals surface area contributed by atoms with E-state index in [1.165, 1.54) is 22.3 Å². The average Bonchev–Trinajstić information content (AvgIpc) is 2.46. The van der Waals surface area contributed by atoms with Crippen LogP contribution in [0.25, 0.3) is 0 Å². The summed E-state index contributed by atoms with van der Waals surface area (Å²) in [5.41, 5.74) is 5.13. The lowest BCUT2D eigenvalue weighted by molar-refractivity contribution is 0.240. The molecule has 0 bridgehead atoms. The van der Waals surface area contributed by atoms with Crippen LogP contribution >= 0.6 is 0 Å². The highest BCUT2D eigenvalue weighted by atomic mass is 16.3. The number of aryl methyl sites for hydroxylation is 2. The van der Waals surface area contributed by atoms with E-state index < -0.39 is 0 Å². The van der Waals surface area contributed by atoms with Crippen LogP contribution in [0.15, 0.2) is 48.5 Å². The molecule has 0 fully saturated rings. The van der Waals surface area contributed by atoms with Crippen LogP contribution in [0.5, 0.6) is 0 Å². The number of aliphatic hydroxyl groups is 1. The summed E-state index contributed by atoms with van der Waals surface area (Å²) in [6.07, 6.45) is 0.849. The van der Waals surface area contributed by atoms with E-state index in [1.54, 1.807) is 0 Å². The molecule has 1 atom stereocenters. The Morgan fingerprint density at radius 1 is 1.05 bits per heavy atom. The van der Waals surface area contributed by atoms with Gasteiger partial charge >= 0.3 is 0 Å². The maximum absolute atomic E-state index is 9.52. The Bertz CT molecular complexity index is 536. The number of benzene rings is 2. The highest BCUT2D eigenvalue weighted by Gasteiger charge is 2.08. The zero-order valence-electron chi connectivity index (χ0n) is 12.3. The van der Waals surface area contributed by atoms with E-state index >= 15 is 0 Å². The Morgan fingerprint density at radius 2 is 1.80 bits per heavy atom. The molecule has 20 heavy (non-hydrogen) atoms. The summed E-state index contributed by atoms with van der Waals surface area (Å²) < 4.78 is 0. The summed E-state index contributed by atoms with van der Waals surface area (Å²) in [6, 6.07) is 16.9. The fourth-order valence-electron chi connectivity index (χ4n) is 2.40. The molecule has 0 aliphatic carbocycles. The van der Waals surface area contributed by atoms with Gasteiger partial charge in [-0.1, -0.05) is 54.1 Å². The van der Waals surface area contributed by atoms with E-state index in [4.69, 9.17) is 0 Å². The summed E-state index contributed by atoms with van der Waals surface area (Å²) in [5, 5.41) is 13.0. The summed E-state index contributed by atoms with van der Waals surface area (Å²) in [7, 11) is 0. The van der Waals surface area contributed by atoms with Gasteiger partial charge in [-0.25, -0.2) is 0 Å². The summed E-state index contributed by atoms with van der Waals surface area (Å²) in [4.78, 5) is 0. The number of nitrogens with one attached hydrogen (secondary N) is 1. The molecular formula is C18H23NO. The minimum atomic E-state index is 0.0955. The van der Waals surface area contributed by atoms with Gasteiger partial charge in [-0.15, -0.1) is 0 Å². The van der Waals surface area contributed by atoms with E-state index in [1.807, 2.05) is 18.2 Å². The third-order valence-corrected chi connectivity index (χ3v) is 3.62. The third kappa shape index (κ3) is 4.19. The summed E-state index contributed by atoms with van der Waals surface area (Å²) >= 11 is 0. The fourth-order valence-corrected chi connectivity index (χ4v) is 2.40. The maximum Gasteiger partial charge on any atom is 0.0587 e. The summed E-state index contributed by atoms with van der Waals surface area (Å²) in [6.45, 7) is 5.19. The average molecular weight is 269 g/mol. The molecule has 2 N–H and O–H groups in total. The minimum Gasteiger partial charge on any atom is -0.395 e. The Balaban J connectivity index is 1.93. The first-order valence-electron chi connectivity index (χ1n) is 7.13. The molecular weight excluding hydrogens is 246 g/mol. The normalized spacial score (nSPS) is 12.3. The molecule has 0 heterocycles. The highest BCUT2D eigenvalue weighted by Crippen LogP contribution is 2.11. The Kier molecular flexibility index (Phi) is 5.33. The van der Waals surface area contributed by atoms with E-state index in [0.717, 1.165) is 13.0 Å². The number of hydrogen-bond donors (Lipinski definition) is 2. The van der Waals surface area contributed by atoms with Crippen molar-refractivity contribution in [2.75, 3.05) is 6.61 Å². The van der Waals surface area contributed by atoms with Crippen LogP contribution < -0.4 is 5.32 Å². The lowest BCUT2D eigenvalue weighted by Crippen LogP contribution is -2.34. The van der Waals surface area contributed by atoms with Gasteiger partial charge < -0.3 is 10.4 Å². The lowest BCUT2D eigenvalue weighted by Gasteiger charge is -2.17. The monoisotopic (exact) mass is 269 g/mol. The molecule has 2 aromatic rings. The molecule has 0 radical (unpaired) electrons. The van der Waals surface area contributed by atoms with Crippen molar-refractivity contribution in [1.82, 2.24) is 5.32 Å². The Hall–Kier alpha value is -1.64. The molecule has 0 spiro atoms. The van der Waals surface area contributed by atoms with Gasteiger partial charge in [0, 0.05) is 12.6 Å². The molecule has 0 saturated carbocycles. The van der Waals surface area contributed by atoms with Crippen molar-refractivity contribution < 1.29 is 5.11 Å². The molecule has 0 unspecified atom stereocenters. The summed E-state index contributed by atoms with van der Waals surface area (Å²) in [5.74, 6) is 0. The van der Waals surface area contributed by atoms with Crippen molar-refractivity contribution in [3.63, 3.8) is 0 Å². The molecule has 0 aromatic heterocycles. The zero-order valence-corrected chi connectivity index (χ0v) is 12.3. The van der Waals surface area contributed by atoms with E-state index in [2.05, 4.69) is 49.5 Å². The van der Waals surface area contributed by atoms with Crippen LogP contribution in [-0.2, 0) is 13.0 Å². The van der Waals surface area contributed by atoms with Crippen molar-refractivity contribution in [1.29, 1.82) is 0 Å². The van der Waals surface area contributed by atoms with Crippen LogP contribution in [0.3, 0.4) is 0 Å². The second-order valence-corrected chi connectivity index (χ2v) is 5.38. The van der Waals surface area contributed by atoms with Crippen molar-refractivity contribution in [3.05, 3.63) is 70.8 Å². The second kappa shape index (κ2) is 7.22. The SMILES string of the molecule is Cc1ccc(CN[C@H](CO)Cc2ccccc2)c(C)c1. The number of hydrogen-bond acceptors (Lipinski definition) is 2. The van der Waals surface area contributed by atoms with Crippen LogP contribution in [0.2, 0.25) is 0 Å². The molecule has 106 valence electrons. The Morgan fingerprint density at radius 3 is 2.45 bits per heavy atom. The van der Waals surface area contributed by atoms with Gasteiger partial charge in [0.2, 0.25) is 0 Å². The standard InChI is InChI=1S/C18H23NO/c1-14-8-9-17(15(2)10-14)12-19-18(13-20)11-16-6-4-3-5-7-16/h3-10,18-20H,11-13H2,1-2H3/t18-/m0/s1. The predicted octanol–water partition coefficient (Wildman–Crippen LogP) is 3.00. The van der Waals surface area contributed by atoms with Gasteiger partial charge in [0.25, 0.3) is 0 Å². The van der Waals surface area contributed by atoms with Crippen LogP contribution in [0, 0.1) is 13.8 Å². The molecule has 2 nitrogen and oxygen atoms in total. The predicted molar refractivity (Wildman–Crippen MR) is 83.8 cm³/mol. The first kappa shape index (κ1) is 14.8. The van der Waals surface area contributed by atoms with Crippen LogP contribution in [0.4, 0.5) is 0 Å². The van der Waals surface area contributed by atoms with E-state index in [0.29, 0.717) is 0 Å². The van der Waals surface area contributed by atoms with Gasteiger partial charge in [0.1, 0.15) is 0 Å². The molecule has 0 aliphatic heterocycles. The van der Waals surface area contributed by atoms with E-state index in [-0.39, 0.29) is 12.6 Å². The lowest BCUT2D eigenvalue weighted by atomic mass is 10.0. The van der Waals surface area contributed by atoms with Gasteiger partial charge in [0.15, 0.2) is 0 Å². The van der Waals surface area contributed by atoms with Crippen LogP contribution in [-0.4, -0.2) is 17.8 Å². The van der Waals surface area contributed by atoms with Gasteiger partial charge in [-0.2, -0.15) is 0 Å². The smallest absolute Gasteiger partial charge is 0.0587 e. The molecule has 0 aliphatic rings. The zero-order chi connectivity index (χ0) is 14.4. The molecule has 2 rings (SSSR count). The highest BCUT2D eigenvalue weighted by molar-refractivity contribution is 5.30. The van der Waals surface area contributed by atoms with Crippen molar-refractivity contribution in [2.24, 2.45) is 0 Å². The van der Waals surface area contributed by atoms with Gasteiger partial charge in [-0.05, 0) is 37.0 Å². The topological polar surface area (TPSA) is 32.3 Å². The largest absolute Gasteiger partial charge is 0.395 e. The van der Waals surface area contributed by atoms with E-state index in [9.17, 15) is 5.11 Å². The van der Waals surface area contributed by atoms with Gasteiger partial charge in [-0.3, -0.25) is 0 Å². The Labute approximate surface area is 121 Å². The quantitative estimate of drug-likeness (QED) is 0.845. The van der Waals surface area contributed by atoms with Crippen molar-refractivity contribution in [3.8, 4) is 0 Å². The molecule has 0 saturated heterocycles.